The zero-order valence-electron chi connectivity index (χ0n) is 11.2. The fourth-order valence-electron chi connectivity index (χ4n) is 1.75. The van der Waals surface area contributed by atoms with E-state index < -0.39 is 30.0 Å². The Morgan fingerprint density at radius 2 is 1.43 bits per heavy atom. The molecule has 2 aromatic carbocycles. The van der Waals surface area contributed by atoms with Gasteiger partial charge in [-0.05, 0) is 23.6 Å². The van der Waals surface area contributed by atoms with Gasteiger partial charge in [-0.3, -0.25) is 0 Å². The number of hydrogen-bond donors (Lipinski definition) is 1. The maximum atomic E-state index is 11.2. The van der Waals surface area contributed by atoms with E-state index in [1.807, 2.05) is 0 Å². The van der Waals surface area contributed by atoms with E-state index in [-0.39, 0.29) is 69.9 Å². The smallest absolute Gasteiger partial charge is 0.744 e. The quantitative estimate of drug-likeness (QED) is 0.324. The molecule has 21 heavy (non-hydrogen) atoms. The van der Waals surface area contributed by atoms with E-state index in [4.69, 9.17) is 5.73 Å². The first-order valence-electron chi connectivity index (χ1n) is 4.85. The Hall–Kier alpha value is 0.320. The van der Waals surface area contributed by atoms with E-state index in [9.17, 15) is 25.9 Å². The summed E-state index contributed by atoms with van der Waals surface area (Å²) in [7, 11) is -10.2. The Morgan fingerprint density at radius 3 is 1.90 bits per heavy atom. The van der Waals surface area contributed by atoms with Gasteiger partial charge in [0.2, 0.25) is 0 Å². The first-order valence-corrected chi connectivity index (χ1v) is 7.66. The van der Waals surface area contributed by atoms with E-state index in [1.165, 1.54) is 24.3 Å². The summed E-state index contributed by atoms with van der Waals surface area (Å²) in [5.41, 5.74) is 5.80. The minimum Gasteiger partial charge on any atom is -0.744 e. The predicted octanol–water partition coefficient (Wildman–Crippen LogP) is -5.76. The maximum absolute atomic E-state index is 11.2. The van der Waals surface area contributed by atoms with Crippen molar-refractivity contribution in [2.75, 3.05) is 5.73 Å². The van der Waals surface area contributed by atoms with Crippen LogP contribution in [0.25, 0.3) is 10.8 Å². The molecule has 2 aromatic rings. The van der Waals surface area contributed by atoms with Crippen molar-refractivity contribution in [3.63, 3.8) is 0 Å². The largest absolute Gasteiger partial charge is 1.00 e. The van der Waals surface area contributed by atoms with Gasteiger partial charge in [-0.15, -0.1) is 0 Å². The zero-order valence-corrected chi connectivity index (χ0v) is 16.9. The van der Waals surface area contributed by atoms with Gasteiger partial charge in [-0.25, -0.2) is 16.8 Å². The van der Waals surface area contributed by atoms with E-state index >= 15 is 0 Å². The van der Waals surface area contributed by atoms with Crippen LogP contribution < -0.4 is 64.8 Å². The number of nitrogen functional groups attached to an aromatic ring is 1. The van der Waals surface area contributed by atoms with Crippen molar-refractivity contribution < 1.29 is 85.1 Å². The molecule has 0 spiro atoms. The first-order chi connectivity index (χ1) is 8.60. The fraction of sp³-hybridized carbons (Fsp3) is 0. The Bertz CT molecular complexity index is 880. The standard InChI is InChI=1S/C10H9NO6S2.2Na/c11-7-2-3-8-6(5-7)1-4-9(18(12,13)14)10(8)19(15,16)17;;/h1-5H,11H2,(H,12,13,14)(H,15,16,17);;/q;2*+1/p-2. The van der Waals surface area contributed by atoms with Crippen molar-refractivity contribution in [1.29, 1.82) is 0 Å². The van der Waals surface area contributed by atoms with Crippen LogP contribution in [-0.2, 0) is 20.2 Å². The molecule has 0 heterocycles. The molecule has 0 fully saturated rings. The Kier molecular flexibility index (Phi) is 7.37. The van der Waals surface area contributed by atoms with Gasteiger partial charge in [-0.1, -0.05) is 12.1 Å². The van der Waals surface area contributed by atoms with Crippen molar-refractivity contribution in [2.24, 2.45) is 0 Å². The van der Waals surface area contributed by atoms with Crippen molar-refractivity contribution in [3.8, 4) is 0 Å². The second-order valence-electron chi connectivity index (χ2n) is 3.78. The second kappa shape index (κ2) is 7.26. The van der Waals surface area contributed by atoms with Gasteiger partial charge in [0.15, 0.2) is 0 Å². The molecule has 0 amide bonds. The number of hydrogen-bond acceptors (Lipinski definition) is 7. The molecular weight excluding hydrogens is 340 g/mol. The molecule has 0 bridgehead atoms. The number of fused-ring (bicyclic) bond motifs is 1. The molecule has 0 aliphatic carbocycles. The Morgan fingerprint density at radius 1 is 0.857 bits per heavy atom. The maximum Gasteiger partial charge on any atom is 1.00 e. The van der Waals surface area contributed by atoms with Gasteiger partial charge in [0.1, 0.15) is 20.2 Å². The first kappa shape index (κ1) is 21.3. The van der Waals surface area contributed by atoms with Gasteiger partial charge >= 0.3 is 59.1 Å². The molecule has 0 aliphatic rings. The van der Waals surface area contributed by atoms with E-state index in [1.54, 1.807) is 0 Å². The fourth-order valence-corrected chi connectivity index (χ4v) is 3.71. The van der Waals surface area contributed by atoms with Crippen LogP contribution >= 0.6 is 0 Å². The summed E-state index contributed by atoms with van der Waals surface area (Å²) in [5, 5.41) is 0.1000. The third kappa shape index (κ3) is 4.64. The van der Waals surface area contributed by atoms with E-state index in [0.29, 0.717) is 5.69 Å². The normalized spacial score (nSPS) is 11.5. The SMILES string of the molecule is Nc1ccc2c(S(=O)(=O)[O-])c(S(=O)(=O)[O-])ccc2c1.[Na+].[Na+]. The summed E-state index contributed by atoms with van der Waals surface area (Å²) in [5.74, 6) is 0. The molecule has 7 nitrogen and oxygen atoms in total. The summed E-state index contributed by atoms with van der Waals surface area (Å²) in [4.78, 5) is -2.10. The minimum atomic E-state index is -5.13. The molecule has 0 aromatic heterocycles. The van der Waals surface area contributed by atoms with Crippen molar-refractivity contribution in [3.05, 3.63) is 30.3 Å². The van der Waals surface area contributed by atoms with Crippen LogP contribution in [0, 0.1) is 0 Å². The average molecular weight is 347 g/mol. The van der Waals surface area contributed by atoms with E-state index in [2.05, 4.69) is 0 Å². The Balaban J connectivity index is 0.00000200. The molecule has 0 unspecified atom stereocenters. The van der Waals surface area contributed by atoms with Crippen LogP contribution in [0.5, 0.6) is 0 Å². The van der Waals surface area contributed by atoms with Crippen molar-refractivity contribution in [1.82, 2.24) is 0 Å². The van der Waals surface area contributed by atoms with Crippen LogP contribution in [0.4, 0.5) is 5.69 Å². The van der Waals surface area contributed by atoms with Gasteiger partial charge < -0.3 is 14.8 Å². The zero-order chi connectivity index (χ0) is 14.4. The predicted molar refractivity (Wildman–Crippen MR) is 64.3 cm³/mol. The van der Waals surface area contributed by atoms with Gasteiger partial charge in [0.25, 0.3) is 0 Å². The topological polar surface area (TPSA) is 140 Å². The number of benzene rings is 2. The van der Waals surface area contributed by atoms with Gasteiger partial charge in [0.05, 0.1) is 9.79 Å². The summed E-state index contributed by atoms with van der Waals surface area (Å²) in [6.07, 6.45) is 0. The summed E-state index contributed by atoms with van der Waals surface area (Å²) < 4.78 is 66.7. The summed E-state index contributed by atoms with van der Waals surface area (Å²) in [6, 6.07) is 5.85. The summed E-state index contributed by atoms with van der Waals surface area (Å²) >= 11 is 0. The molecular formula is C10H7NNa2O6S2. The van der Waals surface area contributed by atoms with Crippen LogP contribution in [0.15, 0.2) is 40.1 Å². The molecule has 11 heteroatoms. The van der Waals surface area contributed by atoms with E-state index in [0.717, 1.165) is 6.07 Å². The third-order valence-corrected chi connectivity index (χ3v) is 4.43. The molecule has 2 rings (SSSR count). The van der Waals surface area contributed by atoms with Crippen LogP contribution in [0.2, 0.25) is 0 Å². The molecule has 0 saturated carbocycles. The second-order valence-corrected chi connectivity index (χ2v) is 6.45. The number of rotatable bonds is 2. The third-order valence-electron chi connectivity index (χ3n) is 2.48. The van der Waals surface area contributed by atoms with Crippen LogP contribution in [0.3, 0.4) is 0 Å². The number of nitrogens with two attached hydrogens (primary N) is 1. The minimum absolute atomic E-state index is 0. The average Bonchev–Trinajstić information content (AvgIpc) is 2.24. The Labute approximate surface area is 166 Å². The van der Waals surface area contributed by atoms with Crippen LogP contribution in [-0.4, -0.2) is 25.9 Å². The van der Waals surface area contributed by atoms with Crippen LogP contribution in [0.1, 0.15) is 0 Å². The van der Waals surface area contributed by atoms with Gasteiger partial charge in [0, 0.05) is 11.1 Å². The van der Waals surface area contributed by atoms with Crippen molar-refractivity contribution in [2.45, 2.75) is 9.79 Å². The summed E-state index contributed by atoms with van der Waals surface area (Å²) in [6.45, 7) is 0. The molecule has 2 N–H and O–H groups in total. The van der Waals surface area contributed by atoms with Crippen molar-refractivity contribution >= 4 is 36.7 Å². The molecule has 0 aliphatic heterocycles. The monoisotopic (exact) mass is 347 g/mol. The molecule has 0 atom stereocenters. The molecule has 0 saturated heterocycles. The number of anilines is 1. The molecule has 102 valence electrons. The van der Waals surface area contributed by atoms with Gasteiger partial charge in [-0.2, -0.15) is 0 Å². The molecule has 0 radical (unpaired) electrons.